The molecule has 1 saturated heterocycles. The molecule has 1 aromatic heterocycles. The SMILES string of the molecule is CC(=O)N1CCN(c2nc3c(Cl)cccc3cc2[C@H](C)N(C(=O)O)C(C)(C)C)CC1. The third-order valence-corrected chi connectivity index (χ3v) is 5.90. The van der Waals surface area contributed by atoms with Crippen molar-refractivity contribution < 1.29 is 14.7 Å². The molecule has 1 N–H and O–H groups in total. The largest absolute Gasteiger partial charge is 0.465 e. The topological polar surface area (TPSA) is 77.0 Å². The van der Waals surface area contributed by atoms with Crippen molar-refractivity contribution in [3.63, 3.8) is 0 Å². The van der Waals surface area contributed by atoms with Crippen LogP contribution >= 0.6 is 11.6 Å². The number of hydrogen-bond donors (Lipinski definition) is 1. The quantitative estimate of drug-likeness (QED) is 0.777. The van der Waals surface area contributed by atoms with Gasteiger partial charge in [0.15, 0.2) is 0 Å². The average Bonchev–Trinajstić information content (AvgIpc) is 2.66. The van der Waals surface area contributed by atoms with Gasteiger partial charge in [-0.15, -0.1) is 0 Å². The van der Waals surface area contributed by atoms with E-state index in [2.05, 4.69) is 4.90 Å². The smallest absolute Gasteiger partial charge is 0.408 e. The highest BCUT2D eigenvalue weighted by molar-refractivity contribution is 6.35. The van der Waals surface area contributed by atoms with Crippen LogP contribution in [0, 0.1) is 0 Å². The van der Waals surface area contributed by atoms with Gasteiger partial charge in [-0.2, -0.15) is 0 Å². The lowest BCUT2D eigenvalue weighted by Crippen LogP contribution is -2.49. The van der Waals surface area contributed by atoms with Gasteiger partial charge < -0.3 is 14.9 Å². The number of carboxylic acid groups (broad SMARTS) is 1. The third kappa shape index (κ3) is 4.31. The Kier molecular flexibility index (Phi) is 6.13. The number of piperazine rings is 1. The van der Waals surface area contributed by atoms with Gasteiger partial charge in [0.2, 0.25) is 5.91 Å². The van der Waals surface area contributed by atoms with Crippen LogP contribution in [0.15, 0.2) is 24.3 Å². The van der Waals surface area contributed by atoms with Crippen molar-refractivity contribution in [3.8, 4) is 0 Å². The molecular formula is C22H29ClN4O3. The Morgan fingerprint density at radius 3 is 2.37 bits per heavy atom. The molecule has 162 valence electrons. The minimum Gasteiger partial charge on any atom is -0.465 e. The summed E-state index contributed by atoms with van der Waals surface area (Å²) in [7, 11) is 0. The molecule has 0 aliphatic carbocycles. The number of para-hydroxylation sites is 1. The lowest BCUT2D eigenvalue weighted by atomic mass is 9.98. The average molecular weight is 433 g/mol. The maximum absolute atomic E-state index is 12.1. The first-order valence-corrected chi connectivity index (χ1v) is 10.5. The van der Waals surface area contributed by atoms with Crippen molar-refractivity contribution in [2.24, 2.45) is 0 Å². The maximum atomic E-state index is 12.1. The van der Waals surface area contributed by atoms with Gasteiger partial charge in [-0.1, -0.05) is 23.7 Å². The standard InChI is InChI=1S/C22H29ClN4O3/c1-14(27(21(29)30)22(3,4)5)17-13-16-7-6-8-18(23)19(16)24-20(17)26-11-9-25(10-12-26)15(2)28/h6-8,13-14H,9-12H2,1-5H3,(H,29,30)/t14-/m0/s1. The van der Waals surface area contributed by atoms with Crippen LogP contribution < -0.4 is 4.90 Å². The first-order chi connectivity index (χ1) is 14.0. The van der Waals surface area contributed by atoms with Gasteiger partial charge in [0.05, 0.1) is 16.6 Å². The number of pyridine rings is 1. The lowest BCUT2D eigenvalue weighted by Gasteiger charge is -2.41. The van der Waals surface area contributed by atoms with E-state index in [9.17, 15) is 14.7 Å². The van der Waals surface area contributed by atoms with Crippen molar-refractivity contribution in [1.82, 2.24) is 14.8 Å². The number of carbonyl (C=O) groups is 2. The van der Waals surface area contributed by atoms with Crippen LogP contribution in [0.3, 0.4) is 0 Å². The number of rotatable bonds is 3. The Bertz CT molecular complexity index is 965. The van der Waals surface area contributed by atoms with E-state index in [0.29, 0.717) is 36.7 Å². The summed E-state index contributed by atoms with van der Waals surface area (Å²) in [6.45, 7) is 11.6. The molecule has 1 fully saturated rings. The highest BCUT2D eigenvalue weighted by Crippen LogP contribution is 2.36. The van der Waals surface area contributed by atoms with Crippen molar-refractivity contribution in [3.05, 3.63) is 34.9 Å². The number of anilines is 1. The second kappa shape index (κ2) is 8.30. The van der Waals surface area contributed by atoms with Crippen LogP contribution in [0.4, 0.5) is 10.6 Å². The Labute approximate surface area is 182 Å². The van der Waals surface area contributed by atoms with E-state index in [1.165, 1.54) is 4.90 Å². The molecule has 1 aromatic carbocycles. The Hall–Kier alpha value is -2.54. The fourth-order valence-electron chi connectivity index (χ4n) is 4.14. The van der Waals surface area contributed by atoms with Crippen molar-refractivity contribution in [1.29, 1.82) is 0 Å². The first-order valence-electron chi connectivity index (χ1n) is 10.1. The lowest BCUT2D eigenvalue weighted by molar-refractivity contribution is -0.129. The van der Waals surface area contributed by atoms with Gasteiger partial charge in [-0.25, -0.2) is 9.78 Å². The van der Waals surface area contributed by atoms with E-state index >= 15 is 0 Å². The normalized spacial score (nSPS) is 15.9. The molecule has 0 bridgehead atoms. The van der Waals surface area contributed by atoms with Crippen LogP contribution in [-0.4, -0.2) is 63.6 Å². The number of hydrogen-bond acceptors (Lipinski definition) is 4. The number of aromatic nitrogens is 1. The van der Waals surface area contributed by atoms with E-state index in [4.69, 9.17) is 16.6 Å². The van der Waals surface area contributed by atoms with Crippen LogP contribution in [0.25, 0.3) is 10.9 Å². The van der Waals surface area contributed by atoms with E-state index in [1.807, 2.05) is 50.8 Å². The Morgan fingerprint density at radius 2 is 1.83 bits per heavy atom. The molecule has 8 heteroatoms. The van der Waals surface area contributed by atoms with Gasteiger partial charge >= 0.3 is 6.09 Å². The molecule has 7 nitrogen and oxygen atoms in total. The highest BCUT2D eigenvalue weighted by Gasteiger charge is 2.34. The molecule has 2 amide bonds. The number of amides is 2. The molecule has 2 aromatic rings. The number of benzene rings is 1. The summed E-state index contributed by atoms with van der Waals surface area (Å²) in [6.07, 6.45) is -0.978. The van der Waals surface area contributed by atoms with Crippen LogP contribution in [-0.2, 0) is 4.79 Å². The summed E-state index contributed by atoms with van der Waals surface area (Å²) in [5.41, 5.74) is 0.939. The number of fused-ring (bicyclic) bond motifs is 1. The molecule has 0 unspecified atom stereocenters. The summed E-state index contributed by atoms with van der Waals surface area (Å²) >= 11 is 6.41. The molecule has 3 rings (SSSR count). The zero-order valence-electron chi connectivity index (χ0n) is 18.1. The highest BCUT2D eigenvalue weighted by atomic mass is 35.5. The molecule has 1 aliphatic heterocycles. The van der Waals surface area contributed by atoms with Crippen molar-refractivity contribution >= 4 is 40.3 Å². The summed E-state index contributed by atoms with van der Waals surface area (Å²) < 4.78 is 0. The third-order valence-electron chi connectivity index (χ3n) is 5.60. The maximum Gasteiger partial charge on any atom is 0.408 e. The number of carbonyl (C=O) groups excluding carboxylic acids is 1. The van der Waals surface area contributed by atoms with Gasteiger partial charge in [0.25, 0.3) is 0 Å². The van der Waals surface area contributed by atoms with Gasteiger partial charge in [-0.05, 0) is 39.8 Å². The molecule has 1 aliphatic rings. The number of nitrogens with zero attached hydrogens (tertiary/aromatic N) is 4. The van der Waals surface area contributed by atoms with E-state index in [0.717, 1.165) is 16.8 Å². The van der Waals surface area contributed by atoms with Crippen molar-refractivity contribution in [2.75, 3.05) is 31.1 Å². The van der Waals surface area contributed by atoms with E-state index < -0.39 is 17.7 Å². The van der Waals surface area contributed by atoms with E-state index in [-0.39, 0.29) is 5.91 Å². The van der Waals surface area contributed by atoms with Crippen molar-refractivity contribution in [2.45, 2.75) is 46.2 Å². The minimum atomic E-state index is -0.978. The van der Waals surface area contributed by atoms with Gasteiger partial charge in [0, 0.05) is 49.6 Å². The second-order valence-corrected chi connectivity index (χ2v) is 9.11. The first kappa shape index (κ1) is 22.2. The summed E-state index contributed by atoms with van der Waals surface area (Å²) in [5, 5.41) is 11.3. The molecule has 0 saturated carbocycles. The molecule has 1 atom stereocenters. The zero-order chi connectivity index (χ0) is 22.2. The van der Waals surface area contributed by atoms with Crippen LogP contribution in [0.5, 0.6) is 0 Å². The summed E-state index contributed by atoms with van der Waals surface area (Å²) in [6, 6.07) is 7.18. The van der Waals surface area contributed by atoms with E-state index in [1.54, 1.807) is 13.0 Å². The number of halogens is 1. The minimum absolute atomic E-state index is 0.0579. The molecule has 0 radical (unpaired) electrons. The zero-order valence-corrected chi connectivity index (χ0v) is 18.9. The predicted molar refractivity (Wildman–Crippen MR) is 119 cm³/mol. The van der Waals surface area contributed by atoms with Crippen LogP contribution in [0.2, 0.25) is 5.02 Å². The molecule has 0 spiro atoms. The fraction of sp³-hybridized carbons (Fsp3) is 0.500. The predicted octanol–water partition coefficient (Wildman–Crippen LogP) is 4.40. The molecule has 30 heavy (non-hydrogen) atoms. The Morgan fingerprint density at radius 1 is 1.20 bits per heavy atom. The summed E-state index contributed by atoms with van der Waals surface area (Å²) in [5.74, 6) is 0.782. The van der Waals surface area contributed by atoms with Crippen LogP contribution in [0.1, 0.15) is 46.2 Å². The second-order valence-electron chi connectivity index (χ2n) is 8.71. The van der Waals surface area contributed by atoms with Gasteiger partial charge in [-0.3, -0.25) is 9.69 Å². The Balaban J connectivity index is 2.11. The summed E-state index contributed by atoms with van der Waals surface area (Å²) in [4.78, 5) is 34.1. The fourth-order valence-corrected chi connectivity index (χ4v) is 4.36. The van der Waals surface area contributed by atoms with Gasteiger partial charge in [0.1, 0.15) is 5.82 Å². The molecular weight excluding hydrogens is 404 g/mol. The molecule has 2 heterocycles. The monoisotopic (exact) mass is 432 g/mol.